The maximum Gasteiger partial charge on any atom is 0.262 e. The van der Waals surface area contributed by atoms with E-state index >= 15 is 0 Å². The molecular weight excluding hydrogens is 392 g/mol. The van der Waals surface area contributed by atoms with Crippen LogP contribution >= 0.6 is 0 Å². The van der Waals surface area contributed by atoms with Gasteiger partial charge in [0, 0.05) is 62.2 Å². The van der Waals surface area contributed by atoms with Gasteiger partial charge >= 0.3 is 0 Å². The molecule has 5 heterocycles. The Morgan fingerprint density at radius 2 is 1.81 bits per heavy atom. The molecule has 4 saturated heterocycles. The topological polar surface area (TPSA) is 73.9 Å². The molecule has 160 valence electrons. The third-order valence-corrected chi connectivity index (χ3v) is 7.31. The van der Waals surface area contributed by atoms with E-state index in [1.54, 1.807) is 18.2 Å². The molecule has 4 bridgehead atoms. The summed E-state index contributed by atoms with van der Waals surface area (Å²) in [5, 5.41) is 6.20. The first-order valence-corrected chi connectivity index (χ1v) is 11.0. The highest BCUT2D eigenvalue weighted by Crippen LogP contribution is 2.43. The summed E-state index contributed by atoms with van der Waals surface area (Å²) in [5.74, 6) is 0.676. The number of amides is 2. The second-order valence-corrected chi connectivity index (χ2v) is 9.25. The number of fused-ring (bicyclic) bond motifs is 2. The van der Waals surface area contributed by atoms with E-state index in [4.69, 9.17) is 4.74 Å². The average Bonchev–Trinajstić information content (AvgIpc) is 3.04. The summed E-state index contributed by atoms with van der Waals surface area (Å²) >= 11 is 0. The summed E-state index contributed by atoms with van der Waals surface area (Å²) in [4.78, 5) is 30.0. The van der Waals surface area contributed by atoms with Crippen molar-refractivity contribution in [3.63, 3.8) is 0 Å². The van der Waals surface area contributed by atoms with Crippen molar-refractivity contribution < 1.29 is 14.3 Å². The number of carbonyl (C=O) groups is 2. The van der Waals surface area contributed by atoms with E-state index in [2.05, 4.69) is 50.8 Å². The molecule has 3 atom stereocenters. The fraction of sp³-hybridized carbons (Fsp3) is 0.417. The maximum absolute atomic E-state index is 13.4. The molecule has 4 fully saturated rings. The van der Waals surface area contributed by atoms with Crippen LogP contribution in [0.25, 0.3) is 0 Å². The van der Waals surface area contributed by atoms with Gasteiger partial charge in [0.1, 0.15) is 5.75 Å². The second kappa shape index (κ2) is 7.07. The first-order chi connectivity index (χ1) is 15.1. The summed E-state index contributed by atoms with van der Waals surface area (Å²) < 4.78 is 5.51. The van der Waals surface area contributed by atoms with Crippen molar-refractivity contribution >= 4 is 17.5 Å². The number of anilines is 1. The van der Waals surface area contributed by atoms with Gasteiger partial charge in [-0.2, -0.15) is 0 Å². The van der Waals surface area contributed by atoms with Gasteiger partial charge in [-0.05, 0) is 23.8 Å². The zero-order valence-corrected chi connectivity index (χ0v) is 17.3. The van der Waals surface area contributed by atoms with Crippen LogP contribution in [0.5, 0.6) is 5.75 Å². The monoisotopic (exact) mass is 418 g/mol. The number of hydrogen-bond donors (Lipinski definition) is 2. The fourth-order valence-electron chi connectivity index (χ4n) is 6.01. The second-order valence-electron chi connectivity index (χ2n) is 9.25. The SMILES string of the molecule is O=C1COc2cc(C(=O)N[C@@H]3C4CN5CCN(C4)CC3(c3ccccc3)C5)ccc2N1. The van der Waals surface area contributed by atoms with Crippen LogP contribution < -0.4 is 15.4 Å². The van der Waals surface area contributed by atoms with Gasteiger partial charge < -0.3 is 25.2 Å². The lowest BCUT2D eigenvalue weighted by molar-refractivity contribution is -0.118. The molecule has 2 aromatic carbocycles. The molecule has 0 aromatic heterocycles. The molecule has 0 radical (unpaired) electrons. The van der Waals surface area contributed by atoms with Crippen molar-refractivity contribution in [3.05, 3.63) is 59.7 Å². The molecule has 2 amide bonds. The molecule has 0 saturated carbocycles. The number of rotatable bonds is 3. The van der Waals surface area contributed by atoms with E-state index in [0.717, 1.165) is 39.3 Å². The standard InChI is InChI=1S/C24H26N4O3/c29-21-13-31-20-10-16(6-7-19(20)25-21)23(30)26-22-17-11-27-8-9-28(12-17)15-24(22,14-27)18-4-2-1-3-5-18/h1-7,10,17,22H,8-9,11-15H2,(H,25,29)(H,26,30)/t17?,22-,24?/m1/s1. The van der Waals surface area contributed by atoms with Crippen LogP contribution in [0.2, 0.25) is 0 Å². The van der Waals surface area contributed by atoms with Gasteiger partial charge in [-0.1, -0.05) is 30.3 Å². The van der Waals surface area contributed by atoms with Gasteiger partial charge in [-0.25, -0.2) is 0 Å². The average molecular weight is 418 g/mol. The van der Waals surface area contributed by atoms with Gasteiger partial charge in [0.05, 0.1) is 5.69 Å². The highest BCUT2D eigenvalue weighted by Gasteiger charge is 2.55. The first kappa shape index (κ1) is 18.8. The number of ether oxygens (including phenoxy) is 1. The number of benzene rings is 2. The van der Waals surface area contributed by atoms with E-state index in [9.17, 15) is 9.59 Å². The number of nitrogens with zero attached hydrogens (tertiary/aromatic N) is 2. The van der Waals surface area contributed by atoms with Crippen molar-refractivity contribution in [1.82, 2.24) is 15.1 Å². The van der Waals surface area contributed by atoms with E-state index in [1.165, 1.54) is 5.56 Å². The van der Waals surface area contributed by atoms with Crippen molar-refractivity contribution in [2.24, 2.45) is 5.92 Å². The molecular formula is C24H26N4O3. The van der Waals surface area contributed by atoms with E-state index in [-0.39, 0.29) is 29.9 Å². The van der Waals surface area contributed by atoms with E-state index < -0.39 is 0 Å². The smallest absolute Gasteiger partial charge is 0.262 e. The summed E-state index contributed by atoms with van der Waals surface area (Å²) in [7, 11) is 0. The Morgan fingerprint density at radius 3 is 2.55 bits per heavy atom. The molecule has 2 aromatic rings. The largest absolute Gasteiger partial charge is 0.482 e. The molecule has 7 nitrogen and oxygen atoms in total. The van der Waals surface area contributed by atoms with Crippen LogP contribution in [0.3, 0.4) is 0 Å². The highest BCUT2D eigenvalue weighted by molar-refractivity contribution is 5.99. The van der Waals surface area contributed by atoms with Gasteiger partial charge in [-0.15, -0.1) is 0 Å². The molecule has 31 heavy (non-hydrogen) atoms. The zero-order valence-electron chi connectivity index (χ0n) is 17.3. The molecule has 5 aliphatic heterocycles. The number of carbonyl (C=O) groups excluding carboxylic acids is 2. The van der Waals surface area contributed by atoms with Crippen LogP contribution in [0.1, 0.15) is 15.9 Å². The van der Waals surface area contributed by atoms with Crippen LogP contribution in [0.15, 0.2) is 48.5 Å². The molecule has 0 spiro atoms. The fourth-order valence-corrected chi connectivity index (χ4v) is 6.01. The number of piperidine rings is 2. The predicted octanol–water partition coefficient (Wildman–Crippen LogP) is 1.31. The number of hydrogen-bond acceptors (Lipinski definition) is 5. The minimum Gasteiger partial charge on any atom is -0.482 e. The minimum atomic E-state index is -0.177. The quantitative estimate of drug-likeness (QED) is 0.787. The van der Waals surface area contributed by atoms with Gasteiger partial charge in [0.25, 0.3) is 11.8 Å². The summed E-state index contributed by atoms with van der Waals surface area (Å²) in [6.45, 7) is 6.15. The van der Waals surface area contributed by atoms with Crippen LogP contribution in [0.4, 0.5) is 5.69 Å². The van der Waals surface area contributed by atoms with Crippen LogP contribution in [-0.4, -0.2) is 73.5 Å². The predicted molar refractivity (Wildman–Crippen MR) is 116 cm³/mol. The van der Waals surface area contributed by atoms with Crippen molar-refractivity contribution in [1.29, 1.82) is 0 Å². The lowest BCUT2D eigenvalue weighted by atomic mass is 9.64. The lowest BCUT2D eigenvalue weighted by Crippen LogP contribution is -2.70. The Labute approximate surface area is 181 Å². The van der Waals surface area contributed by atoms with E-state index in [0.29, 0.717) is 22.9 Å². The summed E-state index contributed by atoms with van der Waals surface area (Å²) in [6.07, 6.45) is 0. The molecule has 2 N–H and O–H groups in total. The maximum atomic E-state index is 13.4. The van der Waals surface area contributed by atoms with Crippen molar-refractivity contribution in [2.45, 2.75) is 11.5 Å². The molecule has 2 unspecified atom stereocenters. The molecule has 7 rings (SSSR count). The normalized spacial score (nSPS) is 33.1. The Balaban J connectivity index is 1.33. The minimum absolute atomic E-state index is 0.0223. The Kier molecular flexibility index (Phi) is 4.30. The number of nitrogens with one attached hydrogen (secondary N) is 2. The van der Waals surface area contributed by atoms with Gasteiger partial charge in [-0.3, -0.25) is 9.59 Å². The van der Waals surface area contributed by atoms with Crippen molar-refractivity contribution in [2.75, 3.05) is 51.2 Å². The third kappa shape index (κ3) is 3.11. The molecule has 7 heteroatoms. The molecule has 0 aliphatic carbocycles. The van der Waals surface area contributed by atoms with Crippen LogP contribution in [-0.2, 0) is 10.2 Å². The third-order valence-electron chi connectivity index (χ3n) is 7.31. The summed E-state index contributed by atoms with van der Waals surface area (Å²) in [5.41, 5.74) is 2.36. The molecule has 5 aliphatic rings. The van der Waals surface area contributed by atoms with Crippen molar-refractivity contribution in [3.8, 4) is 5.75 Å². The van der Waals surface area contributed by atoms with E-state index in [1.807, 2.05) is 0 Å². The lowest BCUT2D eigenvalue weighted by Gasteiger charge is -2.55. The highest BCUT2D eigenvalue weighted by atomic mass is 16.5. The first-order valence-electron chi connectivity index (χ1n) is 11.0. The van der Waals surface area contributed by atoms with Crippen LogP contribution in [0, 0.1) is 5.92 Å². The summed E-state index contributed by atoms with van der Waals surface area (Å²) in [6, 6.07) is 16.0. The Bertz CT molecular complexity index is 1020. The van der Waals surface area contributed by atoms with Gasteiger partial charge in [0.2, 0.25) is 0 Å². The zero-order chi connectivity index (χ0) is 21.0. The Hall–Kier alpha value is -2.90. The Morgan fingerprint density at radius 1 is 1.06 bits per heavy atom. The van der Waals surface area contributed by atoms with Gasteiger partial charge in [0.15, 0.2) is 6.61 Å².